The first-order chi connectivity index (χ1) is 17.6. The Kier molecular flexibility index (Phi) is 5.69. The number of aryl methyl sites for hydroxylation is 1. The van der Waals surface area contributed by atoms with Crippen molar-refractivity contribution in [3.63, 3.8) is 0 Å². The SMILES string of the molecule is CCn1c2c(c(=O)n3ncc(C(=O)Nc4ccc5c(c4)OCCO5)c13)CN(Cc1ccccc1)CC2. The minimum atomic E-state index is -0.329. The van der Waals surface area contributed by atoms with Crippen molar-refractivity contribution in [3.8, 4) is 11.5 Å². The van der Waals surface area contributed by atoms with Gasteiger partial charge < -0.3 is 19.4 Å². The van der Waals surface area contributed by atoms with Gasteiger partial charge in [-0.2, -0.15) is 9.61 Å². The van der Waals surface area contributed by atoms with E-state index >= 15 is 0 Å². The van der Waals surface area contributed by atoms with Gasteiger partial charge in [0, 0.05) is 50.0 Å². The molecule has 0 aliphatic carbocycles. The van der Waals surface area contributed by atoms with Crippen LogP contribution in [-0.4, -0.2) is 44.7 Å². The molecule has 1 amide bonds. The summed E-state index contributed by atoms with van der Waals surface area (Å²) in [5, 5.41) is 7.26. The number of hydrogen-bond acceptors (Lipinski definition) is 6. The monoisotopic (exact) mass is 485 g/mol. The van der Waals surface area contributed by atoms with Crippen LogP contribution < -0.4 is 20.3 Å². The molecule has 0 radical (unpaired) electrons. The number of benzene rings is 2. The van der Waals surface area contributed by atoms with Gasteiger partial charge in [-0.15, -0.1) is 0 Å². The topological polar surface area (TPSA) is 90.1 Å². The lowest BCUT2D eigenvalue weighted by Crippen LogP contribution is -2.38. The van der Waals surface area contributed by atoms with Gasteiger partial charge in [-0.25, -0.2) is 0 Å². The van der Waals surface area contributed by atoms with Crippen molar-refractivity contribution in [3.05, 3.63) is 87.5 Å². The molecule has 0 atom stereocenters. The first-order valence-electron chi connectivity index (χ1n) is 12.2. The van der Waals surface area contributed by atoms with Gasteiger partial charge in [-0.05, 0) is 24.6 Å². The highest BCUT2D eigenvalue weighted by Gasteiger charge is 2.27. The highest BCUT2D eigenvalue weighted by atomic mass is 16.6. The predicted octanol–water partition coefficient (Wildman–Crippen LogP) is 3.10. The summed E-state index contributed by atoms with van der Waals surface area (Å²) in [7, 11) is 0. The third kappa shape index (κ3) is 3.91. The molecule has 2 aliphatic rings. The van der Waals surface area contributed by atoms with E-state index in [2.05, 4.69) is 32.0 Å². The first-order valence-corrected chi connectivity index (χ1v) is 12.2. The van der Waals surface area contributed by atoms with Gasteiger partial charge in [0.25, 0.3) is 11.5 Å². The summed E-state index contributed by atoms with van der Waals surface area (Å²) >= 11 is 0. The number of nitrogens with zero attached hydrogens (tertiary/aromatic N) is 4. The molecule has 6 rings (SSSR count). The molecule has 1 N–H and O–H groups in total. The molecule has 0 fully saturated rings. The summed E-state index contributed by atoms with van der Waals surface area (Å²) in [6, 6.07) is 15.6. The van der Waals surface area contributed by atoms with E-state index in [9.17, 15) is 9.59 Å². The average Bonchev–Trinajstić information content (AvgIpc) is 3.35. The van der Waals surface area contributed by atoms with Gasteiger partial charge in [0.2, 0.25) is 0 Å². The quantitative estimate of drug-likeness (QED) is 0.467. The van der Waals surface area contributed by atoms with E-state index in [1.807, 2.05) is 25.1 Å². The zero-order valence-electron chi connectivity index (χ0n) is 20.1. The molecule has 0 bridgehead atoms. The molecule has 9 nitrogen and oxygen atoms in total. The maximum atomic E-state index is 13.5. The minimum absolute atomic E-state index is 0.166. The van der Waals surface area contributed by atoms with Gasteiger partial charge in [0.1, 0.15) is 18.8 Å². The third-order valence-corrected chi connectivity index (χ3v) is 6.78. The lowest BCUT2D eigenvalue weighted by atomic mass is 10.0. The molecule has 9 heteroatoms. The van der Waals surface area contributed by atoms with E-state index in [4.69, 9.17) is 9.47 Å². The number of hydrogen-bond donors (Lipinski definition) is 1. The Hall–Kier alpha value is -4.11. The number of rotatable bonds is 5. The van der Waals surface area contributed by atoms with Crippen molar-refractivity contribution in [2.45, 2.75) is 33.0 Å². The zero-order valence-corrected chi connectivity index (χ0v) is 20.1. The number of anilines is 1. The predicted molar refractivity (Wildman–Crippen MR) is 135 cm³/mol. The summed E-state index contributed by atoms with van der Waals surface area (Å²) in [6.45, 7) is 5.80. The number of aromatic nitrogens is 3. The lowest BCUT2D eigenvalue weighted by molar-refractivity contribution is 0.102. The summed E-state index contributed by atoms with van der Waals surface area (Å²) in [6.07, 6.45) is 2.21. The van der Waals surface area contributed by atoms with E-state index in [1.54, 1.807) is 18.2 Å². The second-order valence-corrected chi connectivity index (χ2v) is 9.03. The highest BCUT2D eigenvalue weighted by molar-refractivity contribution is 6.08. The number of carbonyl (C=O) groups excluding carboxylic acids is 1. The Morgan fingerprint density at radius 1 is 1.08 bits per heavy atom. The molecule has 2 aromatic carbocycles. The van der Waals surface area contributed by atoms with Gasteiger partial charge in [-0.1, -0.05) is 30.3 Å². The number of amides is 1. The highest BCUT2D eigenvalue weighted by Crippen LogP contribution is 2.33. The largest absolute Gasteiger partial charge is 0.486 e. The van der Waals surface area contributed by atoms with Gasteiger partial charge in [0.05, 0.1) is 11.8 Å². The molecule has 36 heavy (non-hydrogen) atoms. The maximum Gasteiger partial charge on any atom is 0.279 e. The maximum absolute atomic E-state index is 13.5. The van der Waals surface area contributed by atoms with E-state index in [-0.39, 0.29) is 11.5 Å². The van der Waals surface area contributed by atoms with Crippen molar-refractivity contribution < 1.29 is 14.3 Å². The van der Waals surface area contributed by atoms with Crippen molar-refractivity contribution in [2.24, 2.45) is 0 Å². The molecule has 0 saturated heterocycles. The molecular weight excluding hydrogens is 458 g/mol. The van der Waals surface area contributed by atoms with Gasteiger partial charge in [-0.3, -0.25) is 14.5 Å². The Bertz CT molecular complexity index is 1510. The van der Waals surface area contributed by atoms with Crippen molar-refractivity contribution in [2.75, 3.05) is 25.1 Å². The van der Waals surface area contributed by atoms with E-state index in [0.717, 1.165) is 30.8 Å². The van der Waals surface area contributed by atoms with Gasteiger partial charge >= 0.3 is 0 Å². The standard InChI is InChI=1S/C27H27N5O4/c1-2-31-22-10-11-30(16-18-6-4-3-5-7-18)17-21(22)27(34)32-26(31)20(15-28-32)25(33)29-19-8-9-23-24(14-19)36-13-12-35-23/h3-9,14-15H,2,10-13,16-17H2,1H3,(H,29,33). The molecule has 4 heterocycles. The number of carbonyl (C=O) groups is 1. The van der Waals surface area contributed by atoms with Crippen LogP contribution in [0.15, 0.2) is 59.5 Å². The number of ether oxygens (including phenoxy) is 2. The van der Waals surface area contributed by atoms with Crippen LogP contribution in [0.4, 0.5) is 5.69 Å². The first kappa shape index (κ1) is 22.4. The number of fused-ring (bicyclic) bond motifs is 3. The molecule has 4 aromatic rings. The van der Waals surface area contributed by atoms with Crippen LogP contribution in [0.1, 0.15) is 34.1 Å². The summed E-state index contributed by atoms with van der Waals surface area (Å²) in [4.78, 5) is 29.1. The van der Waals surface area contributed by atoms with Crippen LogP contribution in [0, 0.1) is 0 Å². The van der Waals surface area contributed by atoms with Crippen LogP contribution in [0.3, 0.4) is 0 Å². The molecule has 2 aliphatic heterocycles. The van der Waals surface area contributed by atoms with E-state index in [0.29, 0.717) is 54.7 Å². The summed E-state index contributed by atoms with van der Waals surface area (Å²) < 4.78 is 14.6. The minimum Gasteiger partial charge on any atom is -0.486 e. The molecule has 184 valence electrons. The van der Waals surface area contributed by atoms with Crippen molar-refractivity contribution >= 4 is 17.2 Å². The van der Waals surface area contributed by atoms with Crippen LogP contribution >= 0.6 is 0 Å². The fourth-order valence-electron chi connectivity index (χ4n) is 5.10. The Morgan fingerprint density at radius 2 is 1.89 bits per heavy atom. The molecular formula is C27H27N5O4. The van der Waals surface area contributed by atoms with Crippen LogP contribution in [0.2, 0.25) is 0 Å². The fourth-order valence-corrected chi connectivity index (χ4v) is 5.10. The van der Waals surface area contributed by atoms with E-state index in [1.165, 1.54) is 16.3 Å². The normalized spacial score (nSPS) is 15.0. The van der Waals surface area contributed by atoms with Crippen molar-refractivity contribution in [1.82, 2.24) is 19.1 Å². The van der Waals surface area contributed by atoms with Crippen molar-refractivity contribution in [1.29, 1.82) is 0 Å². The Balaban J connectivity index is 1.32. The summed E-state index contributed by atoms with van der Waals surface area (Å²) in [5.41, 5.74) is 4.24. The second kappa shape index (κ2) is 9.16. The van der Waals surface area contributed by atoms with Gasteiger partial charge in [0.15, 0.2) is 17.1 Å². The molecule has 0 saturated carbocycles. The summed E-state index contributed by atoms with van der Waals surface area (Å²) in [5.74, 6) is 0.922. The number of nitrogens with one attached hydrogen (secondary N) is 1. The van der Waals surface area contributed by atoms with Crippen LogP contribution in [0.5, 0.6) is 11.5 Å². The zero-order chi connectivity index (χ0) is 24.6. The van der Waals surface area contributed by atoms with Crippen LogP contribution in [-0.2, 0) is 26.1 Å². The Morgan fingerprint density at radius 3 is 2.69 bits per heavy atom. The van der Waals surface area contributed by atoms with E-state index < -0.39 is 0 Å². The van der Waals surface area contributed by atoms with Crippen LogP contribution in [0.25, 0.3) is 5.65 Å². The Labute approximate surface area is 207 Å². The second-order valence-electron chi connectivity index (χ2n) is 9.03. The lowest BCUT2D eigenvalue weighted by Gasteiger charge is -2.30. The smallest absolute Gasteiger partial charge is 0.279 e. The average molecular weight is 486 g/mol. The molecule has 0 unspecified atom stereocenters. The molecule has 2 aromatic heterocycles. The molecule has 0 spiro atoms. The fraction of sp³-hybridized carbons (Fsp3) is 0.296. The third-order valence-electron chi connectivity index (χ3n) is 6.78.